The van der Waals surface area contributed by atoms with E-state index < -0.39 is 0 Å². The van der Waals surface area contributed by atoms with E-state index in [1.807, 2.05) is 7.05 Å². The van der Waals surface area contributed by atoms with E-state index in [0.717, 1.165) is 19.6 Å². The Morgan fingerprint density at radius 1 is 1.56 bits per heavy atom. The molecule has 0 saturated carbocycles. The third-order valence-electron chi connectivity index (χ3n) is 2.01. The normalized spacial score (nSPS) is 36.7. The number of rotatable bonds is 1. The number of hydrogen-bond acceptors (Lipinski definition) is 2. The van der Waals surface area contributed by atoms with Gasteiger partial charge in [0.2, 0.25) is 0 Å². The molecule has 2 atom stereocenters. The van der Waals surface area contributed by atoms with Crippen molar-refractivity contribution in [2.24, 2.45) is 5.92 Å². The molecule has 0 aromatic rings. The second kappa shape index (κ2) is 3.18. The first-order valence-corrected chi connectivity index (χ1v) is 3.59. The van der Waals surface area contributed by atoms with Crippen LogP contribution in [0.3, 0.4) is 0 Å². The van der Waals surface area contributed by atoms with E-state index in [-0.39, 0.29) is 0 Å². The Bertz CT molecular complexity index is 85.0. The van der Waals surface area contributed by atoms with Crippen molar-refractivity contribution in [1.82, 2.24) is 5.32 Å². The van der Waals surface area contributed by atoms with Gasteiger partial charge in [0.25, 0.3) is 0 Å². The highest BCUT2D eigenvalue weighted by atomic mass is 16.5. The van der Waals surface area contributed by atoms with Gasteiger partial charge in [-0.05, 0) is 19.4 Å². The molecule has 0 bridgehead atoms. The van der Waals surface area contributed by atoms with Crippen LogP contribution in [-0.2, 0) is 4.74 Å². The van der Waals surface area contributed by atoms with Crippen molar-refractivity contribution < 1.29 is 4.74 Å². The molecule has 0 unspecified atom stereocenters. The van der Waals surface area contributed by atoms with Gasteiger partial charge in [0.1, 0.15) is 0 Å². The van der Waals surface area contributed by atoms with Crippen molar-refractivity contribution in [3.8, 4) is 0 Å². The maximum Gasteiger partial charge on any atom is 0.0506 e. The third kappa shape index (κ3) is 1.66. The van der Waals surface area contributed by atoms with Crippen molar-refractivity contribution in [3.05, 3.63) is 0 Å². The Kier molecular flexibility index (Phi) is 2.49. The fourth-order valence-corrected chi connectivity index (χ4v) is 1.31. The lowest BCUT2D eigenvalue weighted by Crippen LogP contribution is -2.39. The van der Waals surface area contributed by atoms with E-state index in [1.54, 1.807) is 0 Å². The zero-order valence-corrected chi connectivity index (χ0v) is 6.18. The predicted octanol–water partition coefficient (Wildman–Crippen LogP) is 0.631. The summed E-state index contributed by atoms with van der Waals surface area (Å²) in [7, 11) is 2.02. The summed E-state index contributed by atoms with van der Waals surface area (Å²) in [5.74, 6) is 0.684. The summed E-state index contributed by atoms with van der Waals surface area (Å²) < 4.78 is 5.27. The molecule has 1 fully saturated rings. The first-order chi connectivity index (χ1) is 4.34. The maximum absolute atomic E-state index is 5.27. The molecule has 1 saturated heterocycles. The molecule has 0 aromatic carbocycles. The van der Waals surface area contributed by atoms with Crippen LogP contribution >= 0.6 is 0 Å². The summed E-state index contributed by atoms with van der Waals surface area (Å²) in [6.07, 6.45) is 1.16. The van der Waals surface area contributed by atoms with E-state index in [1.165, 1.54) is 0 Å². The molecule has 0 aromatic heterocycles. The monoisotopic (exact) mass is 129 g/mol. The smallest absolute Gasteiger partial charge is 0.0506 e. The standard InChI is InChI=1S/C7H15NO/c1-6-5-9-4-3-7(6)8-2/h6-8H,3-5H2,1-2H3/t6-,7-/m1/s1. The van der Waals surface area contributed by atoms with Gasteiger partial charge >= 0.3 is 0 Å². The largest absolute Gasteiger partial charge is 0.381 e. The van der Waals surface area contributed by atoms with E-state index in [2.05, 4.69) is 12.2 Å². The minimum Gasteiger partial charge on any atom is -0.381 e. The molecule has 1 aliphatic rings. The Morgan fingerprint density at radius 2 is 2.33 bits per heavy atom. The average molecular weight is 129 g/mol. The first kappa shape index (κ1) is 7.03. The molecule has 0 amide bonds. The second-order valence-electron chi connectivity index (χ2n) is 2.74. The molecule has 54 valence electrons. The predicted molar refractivity (Wildman–Crippen MR) is 37.4 cm³/mol. The van der Waals surface area contributed by atoms with Crippen LogP contribution < -0.4 is 5.32 Å². The summed E-state index contributed by atoms with van der Waals surface area (Å²) in [6, 6.07) is 0.679. The lowest BCUT2D eigenvalue weighted by atomic mass is 9.98. The Balaban J connectivity index is 2.30. The molecule has 1 aliphatic heterocycles. The van der Waals surface area contributed by atoms with Crippen molar-refractivity contribution >= 4 is 0 Å². The van der Waals surface area contributed by atoms with Crippen LogP contribution in [0, 0.1) is 5.92 Å². The molecule has 9 heavy (non-hydrogen) atoms. The van der Waals surface area contributed by atoms with Gasteiger partial charge in [-0.15, -0.1) is 0 Å². The second-order valence-corrected chi connectivity index (χ2v) is 2.74. The van der Waals surface area contributed by atoms with Crippen LogP contribution in [0.2, 0.25) is 0 Å². The minimum atomic E-state index is 0.679. The SMILES string of the molecule is CN[C@@H]1CCOC[C@H]1C. The maximum atomic E-state index is 5.27. The van der Waals surface area contributed by atoms with Crippen molar-refractivity contribution in [1.29, 1.82) is 0 Å². The minimum absolute atomic E-state index is 0.679. The molecule has 2 heteroatoms. The fraction of sp³-hybridized carbons (Fsp3) is 1.00. The molecule has 0 aliphatic carbocycles. The molecule has 0 radical (unpaired) electrons. The van der Waals surface area contributed by atoms with Gasteiger partial charge in [0, 0.05) is 12.6 Å². The average Bonchev–Trinajstić information content (AvgIpc) is 1.89. The van der Waals surface area contributed by atoms with Crippen molar-refractivity contribution in [2.75, 3.05) is 20.3 Å². The van der Waals surface area contributed by atoms with Crippen LogP contribution in [0.25, 0.3) is 0 Å². The van der Waals surface area contributed by atoms with Gasteiger partial charge < -0.3 is 10.1 Å². The van der Waals surface area contributed by atoms with Crippen LogP contribution in [0.1, 0.15) is 13.3 Å². The van der Waals surface area contributed by atoms with Crippen molar-refractivity contribution in [2.45, 2.75) is 19.4 Å². The van der Waals surface area contributed by atoms with Gasteiger partial charge in [-0.25, -0.2) is 0 Å². The highest BCUT2D eigenvalue weighted by Crippen LogP contribution is 2.12. The number of nitrogens with one attached hydrogen (secondary N) is 1. The van der Waals surface area contributed by atoms with Gasteiger partial charge in [-0.1, -0.05) is 6.92 Å². The number of ether oxygens (including phenoxy) is 1. The highest BCUT2D eigenvalue weighted by molar-refractivity contribution is 4.74. The summed E-state index contributed by atoms with van der Waals surface area (Å²) in [5.41, 5.74) is 0. The lowest BCUT2D eigenvalue weighted by molar-refractivity contribution is 0.0412. The topological polar surface area (TPSA) is 21.3 Å². The van der Waals surface area contributed by atoms with E-state index in [0.29, 0.717) is 12.0 Å². The van der Waals surface area contributed by atoms with Crippen LogP contribution in [0.4, 0.5) is 0 Å². The van der Waals surface area contributed by atoms with Gasteiger partial charge in [0.15, 0.2) is 0 Å². The zero-order chi connectivity index (χ0) is 6.69. The van der Waals surface area contributed by atoms with Gasteiger partial charge in [-0.2, -0.15) is 0 Å². The Labute approximate surface area is 56.6 Å². The molecule has 0 spiro atoms. The number of hydrogen-bond donors (Lipinski definition) is 1. The molecule has 1 N–H and O–H groups in total. The quantitative estimate of drug-likeness (QED) is 0.560. The Hall–Kier alpha value is -0.0800. The van der Waals surface area contributed by atoms with E-state index >= 15 is 0 Å². The van der Waals surface area contributed by atoms with Gasteiger partial charge in [-0.3, -0.25) is 0 Å². The fourth-order valence-electron chi connectivity index (χ4n) is 1.31. The highest BCUT2D eigenvalue weighted by Gasteiger charge is 2.19. The molecule has 1 heterocycles. The summed E-state index contributed by atoms with van der Waals surface area (Å²) in [6.45, 7) is 4.07. The summed E-state index contributed by atoms with van der Waals surface area (Å²) in [5, 5.41) is 3.27. The Morgan fingerprint density at radius 3 is 2.78 bits per heavy atom. The lowest BCUT2D eigenvalue weighted by Gasteiger charge is -2.28. The third-order valence-corrected chi connectivity index (χ3v) is 2.01. The first-order valence-electron chi connectivity index (χ1n) is 3.59. The van der Waals surface area contributed by atoms with Crippen molar-refractivity contribution in [3.63, 3.8) is 0 Å². The van der Waals surface area contributed by atoms with Crippen LogP contribution in [-0.4, -0.2) is 26.3 Å². The molecule has 1 rings (SSSR count). The zero-order valence-electron chi connectivity index (χ0n) is 6.18. The molecular weight excluding hydrogens is 114 g/mol. The van der Waals surface area contributed by atoms with Gasteiger partial charge in [0.05, 0.1) is 6.61 Å². The van der Waals surface area contributed by atoms with Crippen LogP contribution in [0.15, 0.2) is 0 Å². The summed E-state index contributed by atoms with van der Waals surface area (Å²) in [4.78, 5) is 0. The van der Waals surface area contributed by atoms with E-state index in [4.69, 9.17) is 4.74 Å². The van der Waals surface area contributed by atoms with E-state index in [9.17, 15) is 0 Å². The molecule has 2 nitrogen and oxygen atoms in total. The molecular formula is C7H15NO. The summed E-state index contributed by atoms with van der Waals surface area (Å²) >= 11 is 0. The van der Waals surface area contributed by atoms with Crippen LogP contribution in [0.5, 0.6) is 0 Å².